The van der Waals surface area contributed by atoms with Gasteiger partial charge in [0.05, 0.1) is 35.5 Å². The van der Waals surface area contributed by atoms with Crippen LogP contribution >= 0.6 is 0 Å². The highest BCUT2D eigenvalue weighted by Crippen LogP contribution is 2.40. The molecule has 1 saturated carbocycles. The zero-order valence-electron chi connectivity index (χ0n) is 26.4. The Morgan fingerprint density at radius 2 is 1.63 bits per heavy atom. The molecule has 3 aromatic rings. The molecule has 0 N–H and O–H groups in total. The lowest BCUT2D eigenvalue weighted by Crippen LogP contribution is -2.26. The fourth-order valence-electron chi connectivity index (χ4n) is 4.58. The molecule has 4 rings (SSSR count). The van der Waals surface area contributed by atoms with Crippen LogP contribution in [0.5, 0.6) is 11.5 Å². The Bertz CT molecular complexity index is 1440. The van der Waals surface area contributed by atoms with E-state index in [1.54, 1.807) is 25.4 Å². The molecule has 2 heterocycles. The molecular formula is C30H45F2N3O6Si2. The second kappa shape index (κ2) is 14.0. The number of benzene rings is 1. The number of aromatic nitrogens is 3. The maximum Gasteiger partial charge on any atom is 0.387 e. The first kappa shape index (κ1) is 33.3. The average molecular weight is 638 g/mol. The van der Waals surface area contributed by atoms with Crippen LogP contribution in [0.15, 0.2) is 29.2 Å². The standard InChI is InChI=1S/C30H45F2N3O6Si2/c1-37-18-23-27-24(17-33-35(29(27)36)20-39-13-15-43(5,6)7)34(19-38-12-14-42(2,3)4)28(23)21-8-11-25(41-30(31)32)26(16-21)40-22-9-10-22/h8,11,16-17,22,30H,9-10,12-15,18-20H2,1-7H3. The van der Waals surface area contributed by atoms with Gasteiger partial charge in [-0.1, -0.05) is 39.3 Å². The van der Waals surface area contributed by atoms with Crippen LogP contribution in [0, 0.1) is 0 Å². The molecule has 0 spiro atoms. The molecule has 0 atom stereocenters. The van der Waals surface area contributed by atoms with E-state index in [1.807, 2.05) is 4.57 Å². The van der Waals surface area contributed by atoms with E-state index in [2.05, 4.69) is 44.4 Å². The summed E-state index contributed by atoms with van der Waals surface area (Å²) in [6.07, 6.45) is 3.31. The number of rotatable bonds is 17. The number of hydrogen-bond acceptors (Lipinski definition) is 7. The predicted molar refractivity (Wildman–Crippen MR) is 169 cm³/mol. The summed E-state index contributed by atoms with van der Waals surface area (Å²) >= 11 is 0. The van der Waals surface area contributed by atoms with Gasteiger partial charge in [-0.3, -0.25) is 4.79 Å². The summed E-state index contributed by atoms with van der Waals surface area (Å²) < 4.78 is 57.9. The third kappa shape index (κ3) is 9.21. The number of methoxy groups -OCH3 is 1. The molecule has 238 valence electrons. The predicted octanol–water partition coefficient (Wildman–Crippen LogP) is 6.78. The van der Waals surface area contributed by atoms with Crippen LogP contribution in [0.2, 0.25) is 51.4 Å². The van der Waals surface area contributed by atoms with Crippen LogP contribution < -0.4 is 15.0 Å². The van der Waals surface area contributed by atoms with Crippen LogP contribution in [0.3, 0.4) is 0 Å². The Labute approximate surface area is 254 Å². The first-order chi connectivity index (χ1) is 20.3. The number of alkyl halides is 2. The van der Waals surface area contributed by atoms with Crippen LogP contribution in [0.4, 0.5) is 8.78 Å². The molecule has 0 saturated heterocycles. The van der Waals surface area contributed by atoms with Gasteiger partial charge in [0.25, 0.3) is 5.56 Å². The summed E-state index contributed by atoms with van der Waals surface area (Å²) in [6.45, 7) is 12.2. The molecular weight excluding hydrogens is 593 g/mol. The van der Waals surface area contributed by atoms with Gasteiger partial charge >= 0.3 is 6.61 Å². The molecule has 0 bridgehead atoms. The highest BCUT2D eigenvalue weighted by molar-refractivity contribution is 6.76. The number of fused-ring (bicyclic) bond motifs is 1. The van der Waals surface area contributed by atoms with Crippen molar-refractivity contribution in [2.75, 3.05) is 20.3 Å². The second-order valence-corrected chi connectivity index (χ2v) is 24.7. The van der Waals surface area contributed by atoms with Gasteiger partial charge in [0.2, 0.25) is 0 Å². The summed E-state index contributed by atoms with van der Waals surface area (Å²) in [5.74, 6) is 0.193. The quantitative estimate of drug-likeness (QED) is 0.119. The zero-order valence-corrected chi connectivity index (χ0v) is 28.4. The summed E-state index contributed by atoms with van der Waals surface area (Å²) in [5, 5.41) is 4.89. The number of halogens is 2. The van der Waals surface area contributed by atoms with E-state index in [1.165, 1.54) is 10.7 Å². The van der Waals surface area contributed by atoms with E-state index in [0.29, 0.717) is 40.9 Å². The molecule has 13 heteroatoms. The Morgan fingerprint density at radius 1 is 0.977 bits per heavy atom. The van der Waals surface area contributed by atoms with Gasteiger partial charge in [-0.05, 0) is 43.1 Å². The van der Waals surface area contributed by atoms with E-state index in [-0.39, 0.29) is 43.2 Å². The van der Waals surface area contributed by atoms with Gasteiger partial charge in [0, 0.05) is 47.6 Å². The minimum absolute atomic E-state index is 0.0347. The fourth-order valence-corrected chi connectivity index (χ4v) is 6.09. The molecule has 1 aliphatic carbocycles. The van der Waals surface area contributed by atoms with Crippen molar-refractivity contribution in [2.45, 2.75) is 97.0 Å². The Hall–Kier alpha value is -2.59. The van der Waals surface area contributed by atoms with Crippen molar-refractivity contribution >= 4 is 27.1 Å². The summed E-state index contributed by atoms with van der Waals surface area (Å²) in [4.78, 5) is 13.9. The van der Waals surface area contributed by atoms with E-state index >= 15 is 0 Å². The molecule has 2 aromatic heterocycles. The molecule has 1 aromatic carbocycles. The highest BCUT2D eigenvalue weighted by Gasteiger charge is 2.28. The van der Waals surface area contributed by atoms with Gasteiger partial charge < -0.3 is 28.3 Å². The van der Waals surface area contributed by atoms with Crippen LogP contribution in [0.1, 0.15) is 18.4 Å². The van der Waals surface area contributed by atoms with Gasteiger partial charge in [-0.25, -0.2) is 4.68 Å². The molecule has 0 amide bonds. The molecule has 0 radical (unpaired) electrons. The van der Waals surface area contributed by atoms with Crippen molar-refractivity contribution < 1.29 is 32.5 Å². The third-order valence-electron chi connectivity index (χ3n) is 7.14. The van der Waals surface area contributed by atoms with Crippen LogP contribution in [-0.2, 0) is 34.3 Å². The lowest BCUT2D eigenvalue weighted by Gasteiger charge is -2.18. The van der Waals surface area contributed by atoms with Crippen LogP contribution in [-0.4, -0.2) is 63.5 Å². The molecule has 1 aliphatic rings. The molecule has 43 heavy (non-hydrogen) atoms. The lowest BCUT2D eigenvalue weighted by molar-refractivity contribution is -0.0516. The number of hydrogen-bond donors (Lipinski definition) is 0. The van der Waals surface area contributed by atoms with Crippen molar-refractivity contribution in [1.82, 2.24) is 14.3 Å². The van der Waals surface area contributed by atoms with Gasteiger partial charge in [0.15, 0.2) is 11.5 Å². The summed E-state index contributed by atoms with van der Waals surface area (Å²) in [6, 6.07) is 6.81. The second-order valence-electron chi connectivity index (χ2n) is 13.5. The first-order valence-electron chi connectivity index (χ1n) is 14.8. The Kier molecular flexibility index (Phi) is 10.9. The van der Waals surface area contributed by atoms with E-state index in [4.69, 9.17) is 23.7 Å². The minimum Gasteiger partial charge on any atom is -0.487 e. The van der Waals surface area contributed by atoms with E-state index < -0.39 is 22.8 Å². The van der Waals surface area contributed by atoms with Crippen molar-refractivity contribution in [3.05, 3.63) is 40.3 Å². The molecule has 1 fully saturated rings. The largest absolute Gasteiger partial charge is 0.487 e. The molecule has 0 unspecified atom stereocenters. The Morgan fingerprint density at radius 3 is 2.21 bits per heavy atom. The van der Waals surface area contributed by atoms with Gasteiger partial charge in [-0.15, -0.1) is 0 Å². The SMILES string of the molecule is COCc1c(-c2ccc(OC(F)F)c(OC3CC3)c2)n(COCC[Si](C)(C)C)c2cnn(COCC[Si](C)(C)C)c(=O)c12. The van der Waals surface area contributed by atoms with E-state index in [0.717, 1.165) is 24.9 Å². The maximum atomic E-state index is 13.9. The topological polar surface area (TPSA) is 86.0 Å². The monoisotopic (exact) mass is 637 g/mol. The average Bonchev–Trinajstić information content (AvgIpc) is 3.66. The third-order valence-corrected chi connectivity index (χ3v) is 10.5. The lowest BCUT2D eigenvalue weighted by atomic mass is 10.1. The minimum atomic E-state index is -2.99. The highest BCUT2D eigenvalue weighted by atomic mass is 28.3. The van der Waals surface area contributed by atoms with Crippen molar-refractivity contribution in [1.29, 1.82) is 0 Å². The molecule has 0 aliphatic heterocycles. The zero-order chi connectivity index (χ0) is 31.4. The fraction of sp³-hybridized carbons (Fsp3) is 0.600. The van der Waals surface area contributed by atoms with Gasteiger partial charge in [0.1, 0.15) is 13.5 Å². The Balaban J connectivity index is 1.80. The summed E-state index contributed by atoms with van der Waals surface area (Å²) in [7, 11) is -1.06. The van der Waals surface area contributed by atoms with E-state index in [9.17, 15) is 13.6 Å². The van der Waals surface area contributed by atoms with Crippen molar-refractivity contribution in [3.8, 4) is 22.8 Å². The van der Waals surface area contributed by atoms with Crippen LogP contribution in [0.25, 0.3) is 22.2 Å². The smallest absolute Gasteiger partial charge is 0.387 e. The number of ether oxygens (including phenoxy) is 5. The first-order valence-corrected chi connectivity index (χ1v) is 22.2. The number of nitrogens with zero attached hydrogens (tertiary/aromatic N) is 3. The normalized spacial score (nSPS) is 14.2. The van der Waals surface area contributed by atoms with Crippen molar-refractivity contribution in [3.63, 3.8) is 0 Å². The summed E-state index contributed by atoms with van der Waals surface area (Å²) in [5.41, 5.74) is 2.27. The van der Waals surface area contributed by atoms with Gasteiger partial charge in [-0.2, -0.15) is 13.9 Å². The maximum absolute atomic E-state index is 13.9. The molecule has 9 nitrogen and oxygen atoms in total. The van der Waals surface area contributed by atoms with Crippen molar-refractivity contribution in [2.24, 2.45) is 0 Å².